The zero-order valence-corrected chi connectivity index (χ0v) is 10.0. The number of hydrogen-bond donors (Lipinski definition) is 1. The van der Waals surface area contributed by atoms with Gasteiger partial charge < -0.3 is 5.32 Å². The third kappa shape index (κ3) is 3.52. The van der Waals surface area contributed by atoms with E-state index in [0.717, 1.165) is 13.0 Å². The highest BCUT2D eigenvalue weighted by molar-refractivity contribution is 5.28. The van der Waals surface area contributed by atoms with Crippen LogP contribution in [0.5, 0.6) is 0 Å². The third-order valence-corrected chi connectivity index (χ3v) is 2.81. The Morgan fingerprint density at radius 1 is 1.40 bits per heavy atom. The quantitative estimate of drug-likeness (QED) is 0.721. The van der Waals surface area contributed by atoms with Crippen molar-refractivity contribution in [3.05, 3.63) is 47.5 Å². The summed E-state index contributed by atoms with van der Waals surface area (Å²) in [5, 5.41) is 3.49. The molecule has 1 aromatic rings. The molecule has 0 amide bonds. The van der Waals surface area contributed by atoms with E-state index in [9.17, 15) is 0 Å². The van der Waals surface area contributed by atoms with Crippen molar-refractivity contribution >= 4 is 0 Å². The average molecular weight is 203 g/mol. The highest BCUT2D eigenvalue weighted by Crippen LogP contribution is 2.16. The molecule has 1 N–H and O–H groups in total. The molecule has 0 radical (unpaired) electrons. The largest absolute Gasteiger partial charge is 0.306 e. The molecule has 0 aromatic heterocycles. The zero-order valence-electron chi connectivity index (χ0n) is 10.0. The summed E-state index contributed by atoms with van der Waals surface area (Å²) >= 11 is 0. The maximum atomic E-state index is 4.00. The summed E-state index contributed by atoms with van der Waals surface area (Å²) in [6, 6.07) is 8.91. The molecule has 0 aliphatic rings. The lowest BCUT2D eigenvalue weighted by Gasteiger charge is -2.17. The molecular formula is C14H21N. The molecule has 0 fully saturated rings. The Balaban J connectivity index is 2.57. The van der Waals surface area contributed by atoms with Crippen molar-refractivity contribution in [2.75, 3.05) is 6.54 Å². The van der Waals surface area contributed by atoms with E-state index >= 15 is 0 Å². The molecule has 0 saturated heterocycles. The molecule has 0 aliphatic carbocycles. The van der Waals surface area contributed by atoms with E-state index in [0.29, 0.717) is 6.04 Å². The Morgan fingerprint density at radius 3 is 2.67 bits per heavy atom. The van der Waals surface area contributed by atoms with Crippen LogP contribution in [0.1, 0.15) is 37.4 Å². The molecular weight excluding hydrogens is 182 g/mol. The van der Waals surface area contributed by atoms with E-state index in [4.69, 9.17) is 0 Å². The molecule has 1 rings (SSSR count). The Morgan fingerprint density at radius 2 is 2.07 bits per heavy atom. The van der Waals surface area contributed by atoms with E-state index < -0.39 is 0 Å². The van der Waals surface area contributed by atoms with Crippen LogP contribution in [0.3, 0.4) is 0 Å². The summed E-state index contributed by atoms with van der Waals surface area (Å²) < 4.78 is 0. The van der Waals surface area contributed by atoms with Crippen molar-refractivity contribution in [1.82, 2.24) is 5.32 Å². The minimum Gasteiger partial charge on any atom is -0.306 e. The van der Waals surface area contributed by atoms with Crippen LogP contribution in [-0.4, -0.2) is 6.54 Å². The average Bonchev–Trinajstić information content (AvgIpc) is 2.26. The van der Waals surface area contributed by atoms with Gasteiger partial charge in [0.05, 0.1) is 0 Å². The van der Waals surface area contributed by atoms with Gasteiger partial charge in [0.1, 0.15) is 0 Å². The number of benzene rings is 1. The fourth-order valence-electron chi connectivity index (χ4n) is 1.61. The van der Waals surface area contributed by atoms with Crippen LogP contribution in [0.2, 0.25) is 0 Å². The van der Waals surface area contributed by atoms with Crippen molar-refractivity contribution in [2.24, 2.45) is 0 Å². The standard InChI is InChI=1S/C14H21N/c1-5-11(2)10-15-13(4)14-9-7-6-8-12(14)3/h6-9,13,15H,2,5,10H2,1,3-4H3/t13-/m0/s1. The van der Waals surface area contributed by atoms with Crippen LogP contribution in [0, 0.1) is 6.92 Å². The highest BCUT2D eigenvalue weighted by atomic mass is 14.9. The first-order chi connectivity index (χ1) is 7.15. The number of rotatable bonds is 5. The van der Waals surface area contributed by atoms with Crippen molar-refractivity contribution in [3.63, 3.8) is 0 Å². The second-order valence-electron chi connectivity index (χ2n) is 4.06. The van der Waals surface area contributed by atoms with Gasteiger partial charge in [-0.2, -0.15) is 0 Å². The van der Waals surface area contributed by atoms with E-state index in [2.05, 4.69) is 56.9 Å². The molecule has 0 saturated carbocycles. The topological polar surface area (TPSA) is 12.0 Å². The SMILES string of the molecule is C=C(CC)CN[C@@H](C)c1ccccc1C. The lowest BCUT2D eigenvalue weighted by molar-refractivity contribution is 0.599. The lowest BCUT2D eigenvalue weighted by atomic mass is 10.0. The second-order valence-corrected chi connectivity index (χ2v) is 4.06. The van der Waals surface area contributed by atoms with Gasteiger partial charge in [-0.3, -0.25) is 0 Å². The summed E-state index contributed by atoms with van der Waals surface area (Å²) in [7, 11) is 0. The Kier molecular flexibility index (Phi) is 4.57. The second kappa shape index (κ2) is 5.72. The van der Waals surface area contributed by atoms with E-state index in [1.807, 2.05) is 0 Å². The van der Waals surface area contributed by atoms with E-state index in [1.165, 1.54) is 16.7 Å². The predicted molar refractivity (Wildman–Crippen MR) is 67.0 cm³/mol. The molecule has 0 aliphatic heterocycles. The zero-order chi connectivity index (χ0) is 11.3. The van der Waals surface area contributed by atoms with Gasteiger partial charge in [0.15, 0.2) is 0 Å². The molecule has 1 nitrogen and oxygen atoms in total. The molecule has 0 bridgehead atoms. The Hall–Kier alpha value is -1.08. The summed E-state index contributed by atoms with van der Waals surface area (Å²) in [6.07, 6.45) is 1.05. The summed E-state index contributed by atoms with van der Waals surface area (Å²) in [4.78, 5) is 0. The fraction of sp³-hybridized carbons (Fsp3) is 0.429. The van der Waals surface area contributed by atoms with Gasteiger partial charge in [0, 0.05) is 12.6 Å². The van der Waals surface area contributed by atoms with Gasteiger partial charge in [-0.1, -0.05) is 43.3 Å². The summed E-state index contributed by atoms with van der Waals surface area (Å²) in [6.45, 7) is 11.4. The van der Waals surface area contributed by atoms with Crippen molar-refractivity contribution in [3.8, 4) is 0 Å². The maximum absolute atomic E-state index is 4.00. The van der Waals surface area contributed by atoms with Crippen LogP contribution in [0.15, 0.2) is 36.4 Å². The number of hydrogen-bond acceptors (Lipinski definition) is 1. The van der Waals surface area contributed by atoms with Crippen LogP contribution < -0.4 is 5.32 Å². The first kappa shape index (κ1) is 12.0. The molecule has 0 spiro atoms. The van der Waals surface area contributed by atoms with Crippen molar-refractivity contribution in [2.45, 2.75) is 33.2 Å². The van der Waals surface area contributed by atoms with Crippen molar-refractivity contribution in [1.29, 1.82) is 0 Å². The van der Waals surface area contributed by atoms with Crippen LogP contribution in [0.4, 0.5) is 0 Å². The van der Waals surface area contributed by atoms with Gasteiger partial charge in [0.25, 0.3) is 0 Å². The van der Waals surface area contributed by atoms with Crippen LogP contribution in [-0.2, 0) is 0 Å². The van der Waals surface area contributed by atoms with Gasteiger partial charge in [-0.15, -0.1) is 0 Å². The molecule has 0 unspecified atom stereocenters. The highest BCUT2D eigenvalue weighted by Gasteiger charge is 2.06. The third-order valence-electron chi connectivity index (χ3n) is 2.81. The number of nitrogens with one attached hydrogen (secondary N) is 1. The first-order valence-electron chi connectivity index (χ1n) is 5.60. The number of aryl methyl sites for hydroxylation is 1. The van der Waals surface area contributed by atoms with Crippen LogP contribution >= 0.6 is 0 Å². The minimum absolute atomic E-state index is 0.398. The fourth-order valence-corrected chi connectivity index (χ4v) is 1.61. The Bertz CT molecular complexity index is 328. The van der Waals surface area contributed by atoms with Gasteiger partial charge >= 0.3 is 0 Å². The Labute approximate surface area is 93.2 Å². The van der Waals surface area contributed by atoms with Gasteiger partial charge in [-0.05, 0) is 31.4 Å². The van der Waals surface area contributed by atoms with E-state index in [1.54, 1.807) is 0 Å². The van der Waals surface area contributed by atoms with Gasteiger partial charge in [-0.25, -0.2) is 0 Å². The van der Waals surface area contributed by atoms with Crippen molar-refractivity contribution < 1.29 is 0 Å². The first-order valence-corrected chi connectivity index (χ1v) is 5.60. The molecule has 1 atom stereocenters. The molecule has 82 valence electrons. The molecule has 1 aromatic carbocycles. The monoisotopic (exact) mass is 203 g/mol. The predicted octanol–water partition coefficient (Wildman–Crippen LogP) is 3.61. The molecule has 15 heavy (non-hydrogen) atoms. The minimum atomic E-state index is 0.398. The molecule has 1 heteroatoms. The van der Waals surface area contributed by atoms with Gasteiger partial charge in [0.2, 0.25) is 0 Å². The smallest absolute Gasteiger partial charge is 0.0297 e. The normalized spacial score (nSPS) is 12.5. The molecule has 0 heterocycles. The van der Waals surface area contributed by atoms with E-state index in [-0.39, 0.29) is 0 Å². The lowest BCUT2D eigenvalue weighted by Crippen LogP contribution is -2.21. The van der Waals surface area contributed by atoms with Crippen LogP contribution in [0.25, 0.3) is 0 Å². The maximum Gasteiger partial charge on any atom is 0.0297 e. The summed E-state index contributed by atoms with van der Waals surface area (Å²) in [5.41, 5.74) is 3.98. The summed E-state index contributed by atoms with van der Waals surface area (Å²) in [5.74, 6) is 0.